The van der Waals surface area contributed by atoms with E-state index in [9.17, 15) is 9.50 Å². The number of aliphatic hydroxyl groups is 1. The molecule has 2 fully saturated rings. The molecule has 2 aliphatic heterocycles. The number of anilines is 1. The Morgan fingerprint density at radius 1 is 1.13 bits per heavy atom. The molecule has 2 N–H and O–H groups in total. The number of rotatable bonds is 3. The van der Waals surface area contributed by atoms with Crippen LogP contribution in [0, 0.1) is 13.8 Å². The average molecular weight is 410 g/mol. The van der Waals surface area contributed by atoms with Crippen molar-refractivity contribution in [3.8, 4) is 5.82 Å². The number of aromatic nitrogens is 4. The third kappa shape index (κ3) is 3.44. The summed E-state index contributed by atoms with van der Waals surface area (Å²) in [5, 5.41) is 18.6. The maximum atomic E-state index is 14.6. The van der Waals surface area contributed by atoms with Gasteiger partial charge in [-0.1, -0.05) is 0 Å². The van der Waals surface area contributed by atoms with Gasteiger partial charge in [0.2, 0.25) is 0 Å². The van der Waals surface area contributed by atoms with Gasteiger partial charge in [0, 0.05) is 37.0 Å². The van der Waals surface area contributed by atoms with E-state index in [1.54, 1.807) is 0 Å². The van der Waals surface area contributed by atoms with Crippen LogP contribution in [0.4, 0.5) is 10.2 Å². The number of hydrogen-bond acceptors (Lipinski definition) is 6. The number of halogens is 1. The van der Waals surface area contributed by atoms with E-state index in [4.69, 9.17) is 0 Å². The van der Waals surface area contributed by atoms with Crippen LogP contribution in [0.2, 0.25) is 0 Å². The number of aliphatic hydroxyl groups excluding tert-OH is 1. The van der Waals surface area contributed by atoms with Crippen molar-refractivity contribution >= 4 is 16.7 Å². The number of fused-ring (bicyclic) bond motifs is 1. The molecule has 3 atom stereocenters. The van der Waals surface area contributed by atoms with E-state index < -0.39 is 6.17 Å². The maximum Gasteiger partial charge on any atom is 0.159 e. The van der Waals surface area contributed by atoms with Crippen molar-refractivity contribution < 1.29 is 9.50 Å². The van der Waals surface area contributed by atoms with Crippen LogP contribution in [0.3, 0.4) is 0 Å². The first-order chi connectivity index (χ1) is 14.5. The van der Waals surface area contributed by atoms with Crippen molar-refractivity contribution in [2.45, 2.75) is 44.9 Å². The fraction of sp³-hybridized carbons (Fsp3) is 0.500. The molecule has 4 heterocycles. The van der Waals surface area contributed by atoms with Crippen molar-refractivity contribution in [3.05, 3.63) is 41.3 Å². The van der Waals surface area contributed by atoms with E-state index in [0.717, 1.165) is 53.8 Å². The highest BCUT2D eigenvalue weighted by Gasteiger charge is 2.28. The highest BCUT2D eigenvalue weighted by molar-refractivity contribution is 5.82. The molecule has 3 unspecified atom stereocenters. The second-order valence-electron chi connectivity index (χ2n) is 8.46. The van der Waals surface area contributed by atoms with Gasteiger partial charge in [0.15, 0.2) is 5.82 Å². The summed E-state index contributed by atoms with van der Waals surface area (Å²) >= 11 is 0. The zero-order valence-electron chi connectivity index (χ0n) is 17.3. The SMILES string of the molecule is Cc1nc(N2CCC(O)C2)cc(-n2ncc3cc(C)c(C4CCNCC4F)cc32)n1. The Hall–Kier alpha value is -2.58. The fourth-order valence-electron chi connectivity index (χ4n) is 4.71. The molecule has 0 amide bonds. The van der Waals surface area contributed by atoms with E-state index >= 15 is 0 Å². The van der Waals surface area contributed by atoms with E-state index in [1.165, 1.54) is 0 Å². The van der Waals surface area contributed by atoms with Crippen molar-refractivity contribution in [3.63, 3.8) is 0 Å². The molecule has 5 rings (SSSR count). The first-order valence-corrected chi connectivity index (χ1v) is 10.6. The quantitative estimate of drug-likeness (QED) is 0.691. The third-order valence-corrected chi connectivity index (χ3v) is 6.28. The van der Waals surface area contributed by atoms with Gasteiger partial charge >= 0.3 is 0 Å². The van der Waals surface area contributed by atoms with Gasteiger partial charge in [0.1, 0.15) is 17.8 Å². The second kappa shape index (κ2) is 7.59. The van der Waals surface area contributed by atoms with E-state index in [2.05, 4.69) is 37.4 Å². The predicted molar refractivity (Wildman–Crippen MR) is 114 cm³/mol. The monoisotopic (exact) mass is 410 g/mol. The highest BCUT2D eigenvalue weighted by Crippen LogP contribution is 2.33. The van der Waals surface area contributed by atoms with Crippen LogP contribution in [0.15, 0.2) is 24.4 Å². The fourth-order valence-corrected chi connectivity index (χ4v) is 4.71. The first-order valence-electron chi connectivity index (χ1n) is 10.6. The van der Waals surface area contributed by atoms with Crippen LogP contribution in [0.5, 0.6) is 0 Å². The molecule has 3 aromatic rings. The lowest BCUT2D eigenvalue weighted by molar-refractivity contribution is 0.198. The maximum absolute atomic E-state index is 14.6. The third-order valence-electron chi connectivity index (χ3n) is 6.28. The number of nitrogens with one attached hydrogen (secondary N) is 1. The molecule has 2 aliphatic rings. The topological polar surface area (TPSA) is 79.1 Å². The first kappa shape index (κ1) is 19.4. The van der Waals surface area contributed by atoms with Crippen LogP contribution in [0.1, 0.15) is 35.7 Å². The van der Waals surface area contributed by atoms with Gasteiger partial charge in [-0.3, -0.25) is 0 Å². The van der Waals surface area contributed by atoms with Crippen molar-refractivity contribution in [2.24, 2.45) is 0 Å². The standard InChI is InChI=1S/C22H27FN6O/c1-13-7-15-10-25-29(20(15)8-18(13)17-3-5-24-11-19(17)23)22-9-21(26-14(2)27-22)28-6-4-16(30)12-28/h7-10,16-17,19,24,30H,3-6,11-12H2,1-2H3. The number of aryl methyl sites for hydroxylation is 2. The predicted octanol–water partition coefficient (Wildman–Crippen LogP) is 2.42. The van der Waals surface area contributed by atoms with Crippen LogP contribution in [0.25, 0.3) is 16.7 Å². The summed E-state index contributed by atoms with van der Waals surface area (Å²) in [6.45, 7) is 6.49. The van der Waals surface area contributed by atoms with Crippen molar-refractivity contribution in [1.29, 1.82) is 0 Å². The van der Waals surface area contributed by atoms with Crippen molar-refractivity contribution in [2.75, 3.05) is 31.1 Å². The number of piperidine rings is 1. The van der Waals surface area contributed by atoms with Crippen LogP contribution < -0.4 is 10.2 Å². The summed E-state index contributed by atoms with van der Waals surface area (Å²) in [6, 6.07) is 6.09. The number of alkyl halides is 1. The van der Waals surface area contributed by atoms with E-state index in [0.29, 0.717) is 24.7 Å². The smallest absolute Gasteiger partial charge is 0.159 e. The summed E-state index contributed by atoms with van der Waals surface area (Å²) in [5.41, 5.74) is 3.07. The van der Waals surface area contributed by atoms with Gasteiger partial charge < -0.3 is 15.3 Å². The molecule has 2 saturated heterocycles. The zero-order chi connectivity index (χ0) is 20.8. The summed E-state index contributed by atoms with van der Waals surface area (Å²) in [7, 11) is 0. The molecule has 0 spiro atoms. The van der Waals surface area contributed by atoms with Crippen LogP contribution in [-0.2, 0) is 0 Å². The zero-order valence-corrected chi connectivity index (χ0v) is 17.3. The Morgan fingerprint density at radius 2 is 1.97 bits per heavy atom. The largest absolute Gasteiger partial charge is 0.391 e. The number of nitrogens with zero attached hydrogens (tertiary/aromatic N) is 5. The lowest BCUT2D eigenvalue weighted by Crippen LogP contribution is -2.36. The van der Waals surface area contributed by atoms with Crippen molar-refractivity contribution in [1.82, 2.24) is 25.1 Å². The number of β-amino-alcohol motifs (C(OH)–C–C–N with tert-alkyl or cyclic N) is 1. The number of hydrogen-bond donors (Lipinski definition) is 2. The molecule has 0 radical (unpaired) electrons. The normalized spacial score (nSPS) is 24.7. The van der Waals surface area contributed by atoms with Gasteiger partial charge in [-0.25, -0.2) is 19.0 Å². The van der Waals surface area contributed by atoms with Gasteiger partial charge in [-0.05, 0) is 56.5 Å². The summed E-state index contributed by atoms with van der Waals surface area (Å²) in [5.74, 6) is 2.04. The van der Waals surface area contributed by atoms with Crippen LogP contribution in [-0.4, -0.2) is 63.3 Å². The van der Waals surface area contributed by atoms with Crippen LogP contribution >= 0.6 is 0 Å². The Labute approximate surface area is 174 Å². The summed E-state index contributed by atoms with van der Waals surface area (Å²) < 4.78 is 16.5. The van der Waals surface area contributed by atoms with E-state index in [1.807, 2.05) is 30.8 Å². The molecule has 0 bridgehead atoms. The van der Waals surface area contributed by atoms with E-state index in [-0.39, 0.29) is 12.0 Å². The molecule has 7 nitrogen and oxygen atoms in total. The second-order valence-corrected chi connectivity index (χ2v) is 8.46. The molecule has 0 saturated carbocycles. The molecular weight excluding hydrogens is 383 g/mol. The minimum Gasteiger partial charge on any atom is -0.391 e. The minimum absolute atomic E-state index is 0.104. The lowest BCUT2D eigenvalue weighted by atomic mass is 9.85. The number of benzene rings is 1. The summed E-state index contributed by atoms with van der Waals surface area (Å²) in [6.07, 6.45) is 2.15. The molecule has 30 heavy (non-hydrogen) atoms. The van der Waals surface area contributed by atoms with Gasteiger partial charge in [-0.2, -0.15) is 5.10 Å². The minimum atomic E-state index is -0.888. The Balaban J connectivity index is 1.58. The lowest BCUT2D eigenvalue weighted by Gasteiger charge is -2.28. The van der Waals surface area contributed by atoms with Gasteiger partial charge in [0.25, 0.3) is 0 Å². The van der Waals surface area contributed by atoms with Gasteiger partial charge in [-0.15, -0.1) is 0 Å². The molecule has 1 aromatic carbocycles. The molecule has 0 aliphatic carbocycles. The average Bonchev–Trinajstić information content (AvgIpc) is 3.33. The Kier molecular flexibility index (Phi) is 4.91. The summed E-state index contributed by atoms with van der Waals surface area (Å²) in [4.78, 5) is 11.3. The highest BCUT2D eigenvalue weighted by atomic mass is 19.1. The van der Waals surface area contributed by atoms with Gasteiger partial charge in [0.05, 0.1) is 17.8 Å². The Morgan fingerprint density at radius 3 is 2.73 bits per heavy atom. The molecular formula is C22H27FN6O. The molecule has 8 heteroatoms. The molecule has 2 aromatic heterocycles. The molecule has 158 valence electrons. The Bertz CT molecular complexity index is 1080.